The molecule has 29 heavy (non-hydrogen) atoms. The molecule has 1 aliphatic rings. The number of hydrogen-bond donors (Lipinski definition) is 2. The molecule has 1 fully saturated rings. The maximum absolute atomic E-state index is 12.6. The van der Waals surface area contributed by atoms with Gasteiger partial charge in [-0.25, -0.2) is 4.79 Å². The van der Waals surface area contributed by atoms with Crippen LogP contribution in [0.15, 0.2) is 47.8 Å². The molecule has 2 amide bonds. The maximum atomic E-state index is 12.6. The highest BCUT2D eigenvalue weighted by Gasteiger charge is 2.25. The third kappa shape index (κ3) is 6.71. The van der Waals surface area contributed by atoms with Gasteiger partial charge in [0.05, 0.1) is 4.88 Å². The lowest BCUT2D eigenvalue weighted by Gasteiger charge is -2.23. The second kappa shape index (κ2) is 10.8. The SMILES string of the molecule is O=C(COC(=O)[C@H](Cc1ccccc1)NC(=O)c1cccs1)NC1CCCCC1. The average molecular weight is 415 g/mol. The summed E-state index contributed by atoms with van der Waals surface area (Å²) in [5, 5.41) is 7.46. The summed E-state index contributed by atoms with van der Waals surface area (Å²) < 4.78 is 5.24. The van der Waals surface area contributed by atoms with Gasteiger partial charge in [0.1, 0.15) is 6.04 Å². The highest BCUT2D eigenvalue weighted by molar-refractivity contribution is 7.12. The lowest BCUT2D eigenvalue weighted by Crippen LogP contribution is -2.45. The first-order valence-corrected chi connectivity index (χ1v) is 10.8. The Morgan fingerprint density at radius 3 is 2.48 bits per heavy atom. The van der Waals surface area contributed by atoms with Crippen molar-refractivity contribution in [3.63, 3.8) is 0 Å². The summed E-state index contributed by atoms with van der Waals surface area (Å²) in [5.74, 6) is -1.24. The topological polar surface area (TPSA) is 84.5 Å². The minimum atomic E-state index is -0.866. The number of benzene rings is 1. The normalized spacial score (nSPS) is 15.3. The van der Waals surface area contributed by atoms with Gasteiger partial charge < -0.3 is 15.4 Å². The van der Waals surface area contributed by atoms with Crippen LogP contribution in [0.2, 0.25) is 0 Å². The molecule has 0 aliphatic heterocycles. The first-order chi connectivity index (χ1) is 14.1. The molecule has 0 radical (unpaired) electrons. The first-order valence-electron chi connectivity index (χ1n) is 9.96. The minimum absolute atomic E-state index is 0.161. The average Bonchev–Trinajstić information content (AvgIpc) is 3.28. The fourth-order valence-electron chi connectivity index (χ4n) is 3.43. The van der Waals surface area contributed by atoms with E-state index in [1.807, 2.05) is 30.3 Å². The van der Waals surface area contributed by atoms with E-state index < -0.39 is 12.0 Å². The van der Waals surface area contributed by atoms with Crippen molar-refractivity contribution in [1.29, 1.82) is 0 Å². The van der Waals surface area contributed by atoms with Crippen LogP contribution in [0.3, 0.4) is 0 Å². The van der Waals surface area contributed by atoms with E-state index >= 15 is 0 Å². The van der Waals surface area contributed by atoms with Gasteiger partial charge in [0, 0.05) is 12.5 Å². The predicted molar refractivity (Wildman–Crippen MR) is 112 cm³/mol. The van der Waals surface area contributed by atoms with Crippen molar-refractivity contribution < 1.29 is 19.1 Å². The highest BCUT2D eigenvalue weighted by atomic mass is 32.1. The first kappa shape index (κ1) is 21.0. The molecule has 0 unspecified atom stereocenters. The number of ether oxygens (including phenoxy) is 1. The zero-order valence-corrected chi connectivity index (χ0v) is 17.1. The summed E-state index contributed by atoms with van der Waals surface area (Å²) in [6.45, 7) is -0.338. The van der Waals surface area contributed by atoms with E-state index in [1.165, 1.54) is 17.8 Å². The van der Waals surface area contributed by atoms with Crippen molar-refractivity contribution in [3.05, 3.63) is 58.3 Å². The molecule has 1 atom stereocenters. The molecule has 1 aliphatic carbocycles. The zero-order valence-electron chi connectivity index (χ0n) is 16.3. The second-order valence-corrected chi connectivity index (χ2v) is 8.15. The van der Waals surface area contributed by atoms with E-state index in [4.69, 9.17) is 4.74 Å². The third-order valence-corrected chi connectivity index (χ3v) is 5.80. The van der Waals surface area contributed by atoms with E-state index in [0.29, 0.717) is 11.3 Å². The van der Waals surface area contributed by atoms with Gasteiger partial charge in [-0.15, -0.1) is 11.3 Å². The second-order valence-electron chi connectivity index (χ2n) is 7.20. The summed E-state index contributed by atoms with van der Waals surface area (Å²) in [6.07, 6.45) is 5.64. The van der Waals surface area contributed by atoms with E-state index in [9.17, 15) is 14.4 Å². The van der Waals surface area contributed by atoms with Crippen molar-refractivity contribution in [1.82, 2.24) is 10.6 Å². The van der Waals surface area contributed by atoms with Crippen LogP contribution in [0.1, 0.15) is 47.3 Å². The van der Waals surface area contributed by atoms with Crippen LogP contribution in [0, 0.1) is 0 Å². The Morgan fingerprint density at radius 1 is 1.03 bits per heavy atom. The molecule has 0 spiro atoms. The molecular formula is C22H26N2O4S. The molecule has 2 aromatic rings. The van der Waals surface area contributed by atoms with E-state index in [2.05, 4.69) is 10.6 Å². The maximum Gasteiger partial charge on any atom is 0.329 e. The number of thiophene rings is 1. The number of amides is 2. The van der Waals surface area contributed by atoms with Crippen molar-refractivity contribution >= 4 is 29.1 Å². The predicted octanol–water partition coefficient (Wildman–Crippen LogP) is 3.08. The van der Waals surface area contributed by atoms with Crippen LogP contribution < -0.4 is 10.6 Å². The molecule has 2 N–H and O–H groups in total. The van der Waals surface area contributed by atoms with Crippen LogP contribution in [0.25, 0.3) is 0 Å². The Labute approximate surface area is 174 Å². The van der Waals surface area contributed by atoms with Gasteiger partial charge in [-0.05, 0) is 29.9 Å². The molecule has 0 bridgehead atoms. The molecule has 1 aromatic heterocycles. The molecule has 3 rings (SSSR count). The molecule has 1 aromatic carbocycles. The van der Waals surface area contributed by atoms with Crippen LogP contribution in [0.5, 0.6) is 0 Å². The highest BCUT2D eigenvalue weighted by Crippen LogP contribution is 2.17. The van der Waals surface area contributed by atoms with Gasteiger partial charge in [-0.1, -0.05) is 55.7 Å². The molecule has 7 heteroatoms. The van der Waals surface area contributed by atoms with Crippen LogP contribution in [-0.4, -0.2) is 36.5 Å². The molecule has 1 saturated carbocycles. The smallest absolute Gasteiger partial charge is 0.329 e. The molecule has 1 heterocycles. The van der Waals surface area contributed by atoms with Gasteiger partial charge in [0.25, 0.3) is 11.8 Å². The minimum Gasteiger partial charge on any atom is -0.454 e. The molecular weight excluding hydrogens is 388 g/mol. The van der Waals surface area contributed by atoms with Crippen molar-refractivity contribution in [2.24, 2.45) is 0 Å². The van der Waals surface area contributed by atoms with E-state index in [0.717, 1.165) is 31.2 Å². The quantitative estimate of drug-likeness (QED) is 0.650. The van der Waals surface area contributed by atoms with E-state index in [-0.39, 0.29) is 24.5 Å². The van der Waals surface area contributed by atoms with Crippen LogP contribution >= 0.6 is 11.3 Å². The number of carbonyl (C=O) groups excluding carboxylic acids is 3. The lowest BCUT2D eigenvalue weighted by molar-refractivity contribution is -0.150. The monoisotopic (exact) mass is 414 g/mol. The van der Waals surface area contributed by atoms with Crippen molar-refractivity contribution in [2.45, 2.75) is 50.6 Å². The Kier molecular flexibility index (Phi) is 7.81. The number of rotatable bonds is 8. The van der Waals surface area contributed by atoms with Crippen molar-refractivity contribution in [3.8, 4) is 0 Å². The Hall–Kier alpha value is -2.67. The molecule has 0 saturated heterocycles. The Balaban J connectivity index is 1.57. The standard InChI is InChI=1S/C22H26N2O4S/c25-20(23-17-10-5-2-6-11-17)15-28-22(27)18(14-16-8-3-1-4-9-16)24-21(26)19-12-7-13-29-19/h1,3-4,7-9,12-13,17-18H,2,5-6,10-11,14-15H2,(H,23,25)(H,24,26)/t18-/m0/s1. The zero-order chi connectivity index (χ0) is 20.5. The van der Waals surface area contributed by atoms with Gasteiger partial charge in [-0.2, -0.15) is 0 Å². The summed E-state index contributed by atoms with van der Waals surface area (Å²) >= 11 is 1.30. The van der Waals surface area contributed by atoms with Crippen LogP contribution in [0.4, 0.5) is 0 Å². The Bertz CT molecular complexity index is 801. The fourth-order valence-corrected chi connectivity index (χ4v) is 4.06. The van der Waals surface area contributed by atoms with Crippen molar-refractivity contribution in [2.75, 3.05) is 6.61 Å². The summed E-state index contributed by atoms with van der Waals surface area (Å²) in [5.41, 5.74) is 0.896. The largest absolute Gasteiger partial charge is 0.454 e. The Morgan fingerprint density at radius 2 is 1.79 bits per heavy atom. The van der Waals surface area contributed by atoms with Gasteiger partial charge in [0.2, 0.25) is 0 Å². The lowest BCUT2D eigenvalue weighted by atomic mass is 9.95. The van der Waals surface area contributed by atoms with E-state index in [1.54, 1.807) is 17.5 Å². The summed E-state index contributed by atoms with van der Waals surface area (Å²) in [6, 6.07) is 12.2. The van der Waals surface area contributed by atoms with Gasteiger partial charge >= 0.3 is 5.97 Å². The van der Waals surface area contributed by atoms with Gasteiger partial charge in [0.15, 0.2) is 6.61 Å². The summed E-state index contributed by atoms with van der Waals surface area (Å²) in [4.78, 5) is 37.7. The molecule has 6 nitrogen and oxygen atoms in total. The molecule has 154 valence electrons. The number of carbonyl (C=O) groups is 3. The van der Waals surface area contributed by atoms with Gasteiger partial charge in [-0.3, -0.25) is 9.59 Å². The van der Waals surface area contributed by atoms with Crippen LogP contribution in [-0.2, 0) is 20.7 Å². The number of hydrogen-bond acceptors (Lipinski definition) is 5. The third-order valence-electron chi connectivity index (χ3n) is 4.93. The number of nitrogens with one attached hydrogen (secondary N) is 2. The summed E-state index contributed by atoms with van der Waals surface area (Å²) in [7, 11) is 0. The number of esters is 1. The fraction of sp³-hybridized carbons (Fsp3) is 0.409.